The van der Waals surface area contributed by atoms with Crippen molar-refractivity contribution in [2.24, 2.45) is 0 Å². The van der Waals surface area contributed by atoms with Crippen LogP contribution in [0.4, 0.5) is 0 Å². The summed E-state index contributed by atoms with van der Waals surface area (Å²) in [6, 6.07) is 7.28. The fourth-order valence-electron chi connectivity index (χ4n) is 2.13. The second-order valence-electron chi connectivity index (χ2n) is 4.74. The van der Waals surface area contributed by atoms with Gasteiger partial charge < -0.3 is 9.47 Å². The highest BCUT2D eigenvalue weighted by molar-refractivity contribution is 7.09. The molecule has 0 bridgehead atoms. The van der Waals surface area contributed by atoms with Crippen molar-refractivity contribution in [2.45, 2.75) is 25.6 Å². The van der Waals surface area contributed by atoms with Crippen LogP contribution in [0.1, 0.15) is 40.0 Å². The Balaban J connectivity index is 1.62. The Morgan fingerprint density at radius 1 is 1.48 bits per heavy atom. The summed E-state index contributed by atoms with van der Waals surface area (Å²) < 4.78 is 10.8. The van der Waals surface area contributed by atoms with Crippen LogP contribution in [0.15, 0.2) is 29.6 Å². The van der Waals surface area contributed by atoms with Crippen LogP contribution in [-0.4, -0.2) is 17.6 Å². The summed E-state index contributed by atoms with van der Waals surface area (Å²) in [6.07, 6.45) is 2.03. The number of thiazole rings is 1. The standard InChI is InChI=1S/C15H14ClNO3S/c16-11-5-2-1-4-10(11)8-20-15(18)12-9-21-14(17-12)13-6-3-7-19-13/h1-2,4-5,9,13H,3,6-8H2/t13-/m1/s1. The van der Waals surface area contributed by atoms with Crippen molar-refractivity contribution < 1.29 is 14.3 Å². The largest absolute Gasteiger partial charge is 0.456 e. The lowest BCUT2D eigenvalue weighted by Gasteiger charge is -2.05. The minimum absolute atomic E-state index is 0.0279. The van der Waals surface area contributed by atoms with E-state index >= 15 is 0 Å². The van der Waals surface area contributed by atoms with Gasteiger partial charge in [0.2, 0.25) is 0 Å². The van der Waals surface area contributed by atoms with Gasteiger partial charge in [0.15, 0.2) is 5.69 Å². The zero-order valence-electron chi connectivity index (χ0n) is 11.3. The van der Waals surface area contributed by atoms with Gasteiger partial charge in [0.1, 0.15) is 17.7 Å². The SMILES string of the molecule is O=C(OCc1ccccc1Cl)c1csc([C@H]2CCCO2)n1. The molecule has 0 spiro atoms. The molecule has 3 rings (SSSR count). The van der Waals surface area contributed by atoms with Crippen LogP contribution in [0.25, 0.3) is 0 Å². The quantitative estimate of drug-likeness (QED) is 0.798. The Bertz CT molecular complexity index is 637. The molecule has 6 heteroatoms. The number of hydrogen-bond donors (Lipinski definition) is 0. The first-order chi connectivity index (χ1) is 10.2. The van der Waals surface area contributed by atoms with E-state index in [0.717, 1.165) is 30.0 Å². The first kappa shape index (κ1) is 14.5. The highest BCUT2D eigenvalue weighted by atomic mass is 35.5. The summed E-state index contributed by atoms with van der Waals surface area (Å²) in [4.78, 5) is 16.3. The number of carbonyl (C=O) groups is 1. The number of aromatic nitrogens is 1. The summed E-state index contributed by atoms with van der Waals surface area (Å²) >= 11 is 7.46. The highest BCUT2D eigenvalue weighted by Gasteiger charge is 2.22. The molecule has 4 nitrogen and oxygen atoms in total. The van der Waals surface area contributed by atoms with E-state index in [1.54, 1.807) is 11.4 Å². The van der Waals surface area contributed by atoms with Gasteiger partial charge in [-0.05, 0) is 18.9 Å². The third-order valence-corrected chi connectivity index (χ3v) is 4.56. The highest BCUT2D eigenvalue weighted by Crippen LogP contribution is 2.30. The molecule has 1 aliphatic heterocycles. The minimum Gasteiger partial charge on any atom is -0.456 e. The van der Waals surface area contributed by atoms with Gasteiger partial charge >= 0.3 is 5.97 Å². The lowest BCUT2D eigenvalue weighted by molar-refractivity contribution is 0.0465. The van der Waals surface area contributed by atoms with Crippen molar-refractivity contribution in [1.82, 2.24) is 4.98 Å². The average molecular weight is 324 g/mol. The van der Waals surface area contributed by atoms with Crippen LogP contribution in [0.3, 0.4) is 0 Å². The van der Waals surface area contributed by atoms with E-state index in [9.17, 15) is 4.79 Å². The Kier molecular flexibility index (Phi) is 4.53. The maximum atomic E-state index is 12.0. The van der Waals surface area contributed by atoms with E-state index in [-0.39, 0.29) is 12.7 Å². The number of carbonyl (C=O) groups excluding carboxylic acids is 1. The first-order valence-electron chi connectivity index (χ1n) is 6.71. The van der Waals surface area contributed by atoms with E-state index in [2.05, 4.69) is 4.98 Å². The molecule has 0 amide bonds. The Labute approximate surface area is 131 Å². The summed E-state index contributed by atoms with van der Waals surface area (Å²) in [6.45, 7) is 0.905. The molecule has 0 N–H and O–H groups in total. The molecule has 21 heavy (non-hydrogen) atoms. The topological polar surface area (TPSA) is 48.4 Å². The zero-order chi connectivity index (χ0) is 14.7. The van der Waals surface area contributed by atoms with Crippen molar-refractivity contribution in [3.63, 3.8) is 0 Å². The van der Waals surface area contributed by atoms with Crippen molar-refractivity contribution in [2.75, 3.05) is 6.61 Å². The van der Waals surface area contributed by atoms with Crippen LogP contribution in [-0.2, 0) is 16.1 Å². The molecule has 2 heterocycles. The summed E-state index contributed by atoms with van der Waals surface area (Å²) in [5.41, 5.74) is 1.11. The molecular formula is C15H14ClNO3S. The molecule has 1 atom stereocenters. The Morgan fingerprint density at radius 2 is 2.33 bits per heavy atom. The maximum absolute atomic E-state index is 12.0. The van der Waals surface area contributed by atoms with E-state index in [1.807, 2.05) is 18.2 Å². The number of benzene rings is 1. The monoisotopic (exact) mass is 323 g/mol. The zero-order valence-corrected chi connectivity index (χ0v) is 12.8. The van der Waals surface area contributed by atoms with E-state index in [1.165, 1.54) is 11.3 Å². The van der Waals surface area contributed by atoms with E-state index in [0.29, 0.717) is 10.7 Å². The van der Waals surface area contributed by atoms with Crippen LogP contribution in [0.2, 0.25) is 5.02 Å². The van der Waals surface area contributed by atoms with Gasteiger partial charge in [-0.2, -0.15) is 0 Å². The van der Waals surface area contributed by atoms with Gasteiger partial charge in [-0.15, -0.1) is 11.3 Å². The van der Waals surface area contributed by atoms with Crippen molar-refractivity contribution >= 4 is 28.9 Å². The number of esters is 1. The normalized spacial score (nSPS) is 17.9. The molecule has 1 aliphatic rings. The lowest BCUT2D eigenvalue weighted by Crippen LogP contribution is -2.06. The van der Waals surface area contributed by atoms with Gasteiger partial charge in [0.05, 0.1) is 0 Å². The Hall–Kier alpha value is -1.43. The number of rotatable bonds is 4. The molecule has 2 aromatic rings. The van der Waals surface area contributed by atoms with Gasteiger partial charge in [0.25, 0.3) is 0 Å². The predicted octanol–water partition coefficient (Wildman–Crippen LogP) is 4.01. The number of nitrogens with zero attached hydrogens (tertiary/aromatic N) is 1. The predicted molar refractivity (Wildman–Crippen MR) is 80.6 cm³/mol. The second-order valence-corrected chi connectivity index (χ2v) is 6.04. The van der Waals surface area contributed by atoms with Crippen LogP contribution < -0.4 is 0 Å². The molecule has 0 aliphatic carbocycles. The molecule has 110 valence electrons. The molecule has 0 unspecified atom stereocenters. The van der Waals surface area contributed by atoms with Gasteiger partial charge in [-0.25, -0.2) is 9.78 Å². The molecule has 0 radical (unpaired) electrons. The van der Waals surface area contributed by atoms with Crippen LogP contribution in [0.5, 0.6) is 0 Å². The van der Waals surface area contributed by atoms with Crippen LogP contribution in [0, 0.1) is 0 Å². The number of ether oxygens (including phenoxy) is 2. The Morgan fingerprint density at radius 3 is 3.10 bits per heavy atom. The summed E-state index contributed by atoms with van der Waals surface area (Å²) in [5.74, 6) is -0.435. The van der Waals surface area contributed by atoms with Gasteiger partial charge in [0, 0.05) is 22.6 Å². The molecule has 0 saturated carbocycles. The average Bonchev–Trinajstić information content (AvgIpc) is 3.16. The molecule has 1 fully saturated rings. The summed E-state index contributed by atoms with van der Waals surface area (Å²) in [5, 5.41) is 3.15. The first-order valence-corrected chi connectivity index (χ1v) is 7.97. The van der Waals surface area contributed by atoms with Crippen molar-refractivity contribution in [1.29, 1.82) is 0 Å². The summed E-state index contributed by atoms with van der Waals surface area (Å²) in [7, 11) is 0. The molecule has 1 saturated heterocycles. The van der Waals surface area contributed by atoms with Crippen LogP contribution >= 0.6 is 22.9 Å². The van der Waals surface area contributed by atoms with E-state index < -0.39 is 5.97 Å². The third-order valence-electron chi connectivity index (χ3n) is 3.25. The fraction of sp³-hybridized carbons (Fsp3) is 0.333. The van der Waals surface area contributed by atoms with Gasteiger partial charge in [-0.3, -0.25) is 0 Å². The fourth-order valence-corrected chi connectivity index (χ4v) is 3.19. The molecule has 1 aromatic heterocycles. The number of hydrogen-bond acceptors (Lipinski definition) is 5. The number of halogens is 1. The minimum atomic E-state index is -0.435. The lowest BCUT2D eigenvalue weighted by atomic mass is 10.2. The molecule has 1 aromatic carbocycles. The van der Waals surface area contributed by atoms with Crippen molar-refractivity contribution in [3.05, 3.63) is 50.9 Å². The van der Waals surface area contributed by atoms with E-state index in [4.69, 9.17) is 21.1 Å². The van der Waals surface area contributed by atoms with Gasteiger partial charge in [-0.1, -0.05) is 29.8 Å². The smallest absolute Gasteiger partial charge is 0.358 e. The second kappa shape index (κ2) is 6.56. The third kappa shape index (κ3) is 3.43. The van der Waals surface area contributed by atoms with Crippen molar-refractivity contribution in [3.8, 4) is 0 Å². The maximum Gasteiger partial charge on any atom is 0.358 e. The molecular weight excluding hydrogens is 310 g/mol.